The Hall–Kier alpha value is -0.160. The van der Waals surface area contributed by atoms with Gasteiger partial charge < -0.3 is 19.5 Å². The monoisotopic (exact) mass is 245 g/mol. The molecule has 0 aromatic carbocycles. The van der Waals surface area contributed by atoms with Gasteiger partial charge in [-0.2, -0.15) is 0 Å². The molecule has 0 aromatic rings. The van der Waals surface area contributed by atoms with Crippen LogP contribution in [0.1, 0.15) is 26.7 Å². The second kappa shape index (κ2) is 8.03. The zero-order chi connectivity index (χ0) is 12.7. The molecule has 2 unspecified atom stereocenters. The van der Waals surface area contributed by atoms with E-state index in [0.29, 0.717) is 25.7 Å². The topological polar surface area (TPSA) is 41.9 Å². The number of hydrogen-bond donors (Lipinski definition) is 1. The smallest absolute Gasteiger partial charge is 0.0900 e. The van der Waals surface area contributed by atoms with Gasteiger partial charge in [0.2, 0.25) is 0 Å². The lowest BCUT2D eigenvalue weighted by Crippen LogP contribution is -2.35. The molecule has 1 N–H and O–H groups in total. The van der Waals surface area contributed by atoms with Crippen molar-refractivity contribution in [3.63, 3.8) is 0 Å². The average Bonchev–Trinajstić information content (AvgIpc) is 2.68. The van der Waals surface area contributed by atoms with E-state index in [0.717, 1.165) is 26.0 Å². The van der Waals surface area contributed by atoms with Crippen LogP contribution in [-0.2, 0) is 9.47 Å². The molecule has 0 radical (unpaired) electrons. The van der Waals surface area contributed by atoms with Gasteiger partial charge in [-0.05, 0) is 25.8 Å². The summed E-state index contributed by atoms with van der Waals surface area (Å²) in [5, 5.41) is 9.80. The van der Waals surface area contributed by atoms with E-state index >= 15 is 0 Å². The van der Waals surface area contributed by atoms with Gasteiger partial charge in [-0.15, -0.1) is 0 Å². The highest BCUT2D eigenvalue weighted by Crippen LogP contribution is 2.12. The summed E-state index contributed by atoms with van der Waals surface area (Å²) >= 11 is 0. The van der Waals surface area contributed by atoms with Crippen LogP contribution < -0.4 is 0 Å². The first-order valence-electron chi connectivity index (χ1n) is 6.64. The molecule has 1 saturated heterocycles. The normalized spacial score (nSPS) is 22.6. The van der Waals surface area contributed by atoms with E-state index in [2.05, 4.69) is 18.7 Å². The number of nitrogens with zero attached hydrogens (tertiary/aromatic N) is 1. The van der Waals surface area contributed by atoms with Crippen molar-refractivity contribution in [2.24, 2.45) is 5.92 Å². The van der Waals surface area contributed by atoms with E-state index in [1.807, 2.05) is 7.05 Å². The quantitative estimate of drug-likeness (QED) is 0.696. The van der Waals surface area contributed by atoms with E-state index < -0.39 is 6.10 Å². The van der Waals surface area contributed by atoms with Crippen molar-refractivity contribution in [1.82, 2.24) is 4.90 Å². The molecule has 4 heteroatoms. The highest BCUT2D eigenvalue weighted by atomic mass is 16.5. The van der Waals surface area contributed by atoms with E-state index in [-0.39, 0.29) is 6.10 Å². The average molecular weight is 245 g/mol. The molecule has 1 aliphatic rings. The van der Waals surface area contributed by atoms with Crippen LogP contribution in [0.25, 0.3) is 0 Å². The minimum Gasteiger partial charge on any atom is -0.389 e. The van der Waals surface area contributed by atoms with E-state index in [1.54, 1.807) is 0 Å². The summed E-state index contributed by atoms with van der Waals surface area (Å²) in [5.74, 6) is 0.625. The third kappa shape index (κ3) is 6.99. The lowest BCUT2D eigenvalue weighted by atomic mass is 10.2. The van der Waals surface area contributed by atoms with Crippen molar-refractivity contribution in [3.05, 3.63) is 0 Å². The Morgan fingerprint density at radius 2 is 2.18 bits per heavy atom. The number of hydrogen-bond acceptors (Lipinski definition) is 4. The Balaban J connectivity index is 2.01. The van der Waals surface area contributed by atoms with Gasteiger partial charge in [-0.25, -0.2) is 0 Å². The Bertz CT molecular complexity index is 193. The van der Waals surface area contributed by atoms with Crippen molar-refractivity contribution in [2.45, 2.75) is 38.9 Å². The SMILES string of the molecule is CC(C)CN(C)CC(O)COCC1CCCO1. The number of aliphatic hydroxyl groups is 1. The molecule has 1 fully saturated rings. The Morgan fingerprint density at radius 3 is 2.76 bits per heavy atom. The maximum atomic E-state index is 9.80. The largest absolute Gasteiger partial charge is 0.389 e. The van der Waals surface area contributed by atoms with Crippen molar-refractivity contribution in [3.8, 4) is 0 Å². The third-order valence-corrected chi connectivity index (χ3v) is 2.84. The molecule has 17 heavy (non-hydrogen) atoms. The molecule has 1 aliphatic heterocycles. The summed E-state index contributed by atoms with van der Waals surface area (Å²) < 4.78 is 10.9. The molecule has 0 aliphatic carbocycles. The fourth-order valence-corrected chi connectivity index (χ4v) is 2.22. The number of ether oxygens (including phenoxy) is 2. The van der Waals surface area contributed by atoms with Crippen molar-refractivity contribution >= 4 is 0 Å². The number of likely N-dealkylation sites (N-methyl/N-ethyl adjacent to an activating group) is 1. The van der Waals surface area contributed by atoms with Gasteiger partial charge in [0.25, 0.3) is 0 Å². The number of aliphatic hydroxyl groups excluding tert-OH is 1. The van der Waals surface area contributed by atoms with Crippen molar-refractivity contribution in [2.75, 3.05) is 40.0 Å². The van der Waals surface area contributed by atoms with Gasteiger partial charge in [0.05, 0.1) is 25.4 Å². The fourth-order valence-electron chi connectivity index (χ4n) is 2.22. The van der Waals surface area contributed by atoms with Gasteiger partial charge in [0.1, 0.15) is 0 Å². The van der Waals surface area contributed by atoms with Crippen LogP contribution >= 0.6 is 0 Å². The molecule has 4 nitrogen and oxygen atoms in total. The molecule has 1 heterocycles. The summed E-state index contributed by atoms with van der Waals surface area (Å²) in [7, 11) is 2.03. The van der Waals surface area contributed by atoms with Crippen LogP contribution in [0.2, 0.25) is 0 Å². The standard InChI is InChI=1S/C13H27NO3/c1-11(2)7-14(3)8-12(15)9-16-10-13-5-4-6-17-13/h11-13,15H,4-10H2,1-3H3. The van der Waals surface area contributed by atoms with Gasteiger partial charge in [0.15, 0.2) is 0 Å². The second-order valence-electron chi connectivity index (χ2n) is 5.44. The molecule has 0 saturated carbocycles. The lowest BCUT2D eigenvalue weighted by Gasteiger charge is -2.22. The van der Waals surface area contributed by atoms with Gasteiger partial charge in [-0.3, -0.25) is 0 Å². The van der Waals surface area contributed by atoms with E-state index in [1.165, 1.54) is 0 Å². The fraction of sp³-hybridized carbons (Fsp3) is 1.00. The highest BCUT2D eigenvalue weighted by molar-refractivity contribution is 4.65. The summed E-state index contributed by atoms with van der Waals surface area (Å²) in [5.41, 5.74) is 0. The predicted octanol–water partition coefficient (Wildman–Crippen LogP) is 1.13. The summed E-state index contributed by atoms with van der Waals surface area (Å²) in [6.45, 7) is 7.90. The summed E-state index contributed by atoms with van der Waals surface area (Å²) in [6, 6.07) is 0. The van der Waals surface area contributed by atoms with Gasteiger partial charge >= 0.3 is 0 Å². The second-order valence-corrected chi connectivity index (χ2v) is 5.44. The van der Waals surface area contributed by atoms with Crippen LogP contribution in [0, 0.1) is 5.92 Å². The molecule has 1 rings (SSSR count). The highest BCUT2D eigenvalue weighted by Gasteiger charge is 2.16. The maximum absolute atomic E-state index is 9.80. The van der Waals surface area contributed by atoms with Crippen LogP contribution in [0.5, 0.6) is 0 Å². The predicted molar refractivity (Wildman–Crippen MR) is 68.1 cm³/mol. The Labute approximate surface area is 105 Å². The third-order valence-electron chi connectivity index (χ3n) is 2.84. The first-order valence-corrected chi connectivity index (χ1v) is 6.64. The first-order chi connectivity index (χ1) is 8.08. The van der Waals surface area contributed by atoms with Crippen LogP contribution in [-0.4, -0.2) is 62.2 Å². The maximum Gasteiger partial charge on any atom is 0.0900 e. The zero-order valence-corrected chi connectivity index (χ0v) is 11.4. The van der Waals surface area contributed by atoms with E-state index in [9.17, 15) is 5.11 Å². The Kier molecular flexibility index (Phi) is 7.04. The molecule has 2 atom stereocenters. The molecular weight excluding hydrogens is 218 g/mol. The summed E-state index contributed by atoms with van der Waals surface area (Å²) in [6.07, 6.45) is 2.06. The van der Waals surface area contributed by atoms with Crippen LogP contribution in [0.4, 0.5) is 0 Å². The molecule has 0 spiro atoms. The van der Waals surface area contributed by atoms with Crippen molar-refractivity contribution < 1.29 is 14.6 Å². The molecule has 0 amide bonds. The minimum atomic E-state index is -0.403. The van der Waals surface area contributed by atoms with Gasteiger partial charge in [-0.1, -0.05) is 13.8 Å². The van der Waals surface area contributed by atoms with Crippen LogP contribution in [0.15, 0.2) is 0 Å². The van der Waals surface area contributed by atoms with Crippen LogP contribution in [0.3, 0.4) is 0 Å². The zero-order valence-electron chi connectivity index (χ0n) is 11.4. The lowest BCUT2D eigenvalue weighted by molar-refractivity contribution is -0.0239. The first kappa shape index (κ1) is 14.9. The summed E-state index contributed by atoms with van der Waals surface area (Å²) in [4.78, 5) is 2.14. The number of rotatable bonds is 8. The Morgan fingerprint density at radius 1 is 1.41 bits per heavy atom. The molecule has 0 bridgehead atoms. The van der Waals surface area contributed by atoms with Gasteiger partial charge in [0, 0.05) is 19.7 Å². The van der Waals surface area contributed by atoms with E-state index in [4.69, 9.17) is 9.47 Å². The minimum absolute atomic E-state index is 0.246. The molecule has 102 valence electrons. The van der Waals surface area contributed by atoms with Crippen molar-refractivity contribution in [1.29, 1.82) is 0 Å². The molecule has 0 aromatic heterocycles. The molecular formula is C13H27NO3.